The normalized spacial score (nSPS) is 11.0. The van der Waals surface area contributed by atoms with Crippen molar-refractivity contribution in [1.29, 1.82) is 0 Å². The van der Waals surface area contributed by atoms with E-state index in [2.05, 4.69) is 0 Å². The first-order chi connectivity index (χ1) is 7.88. The number of hydrogen-bond acceptors (Lipinski definition) is 3. The first-order valence-corrected chi connectivity index (χ1v) is 5.69. The molecule has 3 N–H and O–H groups in total. The van der Waals surface area contributed by atoms with Crippen molar-refractivity contribution in [2.75, 3.05) is 0 Å². The van der Waals surface area contributed by atoms with E-state index in [4.69, 9.17) is 5.21 Å². The summed E-state index contributed by atoms with van der Waals surface area (Å²) in [6.45, 7) is 7.91. The molecule has 0 bridgehead atoms. The first-order valence-electron chi connectivity index (χ1n) is 5.69. The molecule has 1 aromatic carbocycles. The maximum atomic E-state index is 11.5. The summed E-state index contributed by atoms with van der Waals surface area (Å²) in [6.07, 6.45) is 0. The SMILES string of the molecule is CC(C)c1cc(C(=O)NO)c(O)c(C(C)C)c1. The van der Waals surface area contributed by atoms with Crippen molar-refractivity contribution >= 4 is 5.91 Å². The van der Waals surface area contributed by atoms with Gasteiger partial charge in [-0.2, -0.15) is 0 Å². The number of hydroxylamine groups is 1. The lowest BCUT2D eigenvalue weighted by atomic mass is 9.92. The van der Waals surface area contributed by atoms with Gasteiger partial charge in [0.1, 0.15) is 5.75 Å². The van der Waals surface area contributed by atoms with Crippen molar-refractivity contribution in [1.82, 2.24) is 5.48 Å². The predicted molar refractivity (Wildman–Crippen MR) is 65.5 cm³/mol. The summed E-state index contributed by atoms with van der Waals surface area (Å²) in [5, 5.41) is 18.7. The molecule has 0 aromatic heterocycles. The largest absolute Gasteiger partial charge is 0.507 e. The number of rotatable bonds is 3. The molecule has 0 aliphatic rings. The summed E-state index contributed by atoms with van der Waals surface area (Å²) in [5.74, 6) is -0.389. The van der Waals surface area contributed by atoms with Gasteiger partial charge in [-0.25, -0.2) is 5.48 Å². The summed E-state index contributed by atoms with van der Waals surface area (Å²) >= 11 is 0. The van der Waals surface area contributed by atoms with Crippen molar-refractivity contribution < 1.29 is 15.1 Å². The zero-order valence-electron chi connectivity index (χ0n) is 10.6. The van der Waals surface area contributed by atoms with Crippen LogP contribution in [0, 0.1) is 0 Å². The molecule has 94 valence electrons. The lowest BCUT2D eigenvalue weighted by molar-refractivity contribution is 0.0703. The van der Waals surface area contributed by atoms with Gasteiger partial charge >= 0.3 is 0 Å². The third kappa shape index (κ3) is 2.77. The van der Waals surface area contributed by atoms with Gasteiger partial charge in [0.2, 0.25) is 0 Å². The van der Waals surface area contributed by atoms with Crippen molar-refractivity contribution in [3.05, 3.63) is 28.8 Å². The Morgan fingerprint density at radius 3 is 2.18 bits per heavy atom. The lowest BCUT2D eigenvalue weighted by Crippen LogP contribution is -2.19. The Kier molecular flexibility index (Phi) is 4.12. The van der Waals surface area contributed by atoms with E-state index in [1.165, 1.54) is 0 Å². The average Bonchev–Trinajstić information content (AvgIpc) is 2.27. The van der Waals surface area contributed by atoms with Crippen LogP contribution in [-0.2, 0) is 0 Å². The van der Waals surface area contributed by atoms with Crippen LogP contribution in [-0.4, -0.2) is 16.2 Å². The van der Waals surface area contributed by atoms with Crippen molar-refractivity contribution in [2.24, 2.45) is 0 Å². The van der Waals surface area contributed by atoms with Crippen LogP contribution in [0.2, 0.25) is 0 Å². The van der Waals surface area contributed by atoms with Gasteiger partial charge in [0.15, 0.2) is 0 Å². The Morgan fingerprint density at radius 1 is 1.18 bits per heavy atom. The van der Waals surface area contributed by atoms with Crippen LogP contribution in [0.1, 0.15) is 61.0 Å². The summed E-state index contributed by atoms with van der Waals surface area (Å²) < 4.78 is 0. The highest BCUT2D eigenvalue weighted by Crippen LogP contribution is 2.32. The second kappa shape index (κ2) is 5.19. The van der Waals surface area contributed by atoms with Gasteiger partial charge in [-0.05, 0) is 29.0 Å². The van der Waals surface area contributed by atoms with E-state index >= 15 is 0 Å². The number of aromatic hydroxyl groups is 1. The van der Waals surface area contributed by atoms with E-state index in [1.807, 2.05) is 33.8 Å². The number of benzene rings is 1. The highest BCUT2D eigenvalue weighted by Gasteiger charge is 2.18. The molecule has 0 saturated carbocycles. The molecule has 17 heavy (non-hydrogen) atoms. The number of phenols is 1. The Labute approximate surface area is 101 Å². The molecular formula is C13H19NO3. The van der Waals surface area contributed by atoms with Crippen LogP contribution in [0.5, 0.6) is 5.75 Å². The minimum atomic E-state index is -0.688. The van der Waals surface area contributed by atoms with Crippen LogP contribution in [0.4, 0.5) is 0 Å². The van der Waals surface area contributed by atoms with Gasteiger partial charge in [-0.1, -0.05) is 33.8 Å². The molecule has 0 aliphatic carbocycles. The smallest absolute Gasteiger partial charge is 0.278 e. The molecule has 0 fully saturated rings. The Bertz CT molecular complexity index is 425. The molecule has 1 amide bonds. The molecule has 4 heteroatoms. The summed E-state index contributed by atoms with van der Waals surface area (Å²) in [5.41, 5.74) is 3.35. The zero-order chi connectivity index (χ0) is 13.2. The molecule has 1 aromatic rings. The number of carbonyl (C=O) groups excluding carboxylic acids is 1. The van der Waals surface area contributed by atoms with Gasteiger partial charge in [0.05, 0.1) is 5.56 Å². The van der Waals surface area contributed by atoms with Gasteiger partial charge in [0.25, 0.3) is 5.91 Å². The predicted octanol–water partition coefficient (Wildman–Crippen LogP) is 2.76. The minimum absolute atomic E-state index is 0.0593. The molecule has 0 spiro atoms. The third-order valence-corrected chi connectivity index (χ3v) is 2.80. The quantitative estimate of drug-likeness (QED) is 0.559. The van der Waals surface area contributed by atoms with Crippen LogP contribution in [0.15, 0.2) is 12.1 Å². The topological polar surface area (TPSA) is 69.6 Å². The van der Waals surface area contributed by atoms with Crippen molar-refractivity contribution in [3.8, 4) is 5.75 Å². The van der Waals surface area contributed by atoms with Crippen molar-refractivity contribution in [2.45, 2.75) is 39.5 Å². The van der Waals surface area contributed by atoms with Gasteiger partial charge < -0.3 is 5.11 Å². The summed E-state index contributed by atoms with van der Waals surface area (Å²) in [6, 6.07) is 3.51. The van der Waals surface area contributed by atoms with E-state index in [9.17, 15) is 9.90 Å². The van der Waals surface area contributed by atoms with E-state index in [1.54, 1.807) is 11.5 Å². The van der Waals surface area contributed by atoms with Crippen LogP contribution in [0.3, 0.4) is 0 Å². The molecule has 0 saturated heterocycles. The number of hydrogen-bond donors (Lipinski definition) is 3. The van der Waals surface area contributed by atoms with Gasteiger partial charge in [0, 0.05) is 0 Å². The highest BCUT2D eigenvalue weighted by atomic mass is 16.5. The minimum Gasteiger partial charge on any atom is -0.507 e. The summed E-state index contributed by atoms with van der Waals surface area (Å²) in [4.78, 5) is 11.5. The number of amides is 1. The fourth-order valence-corrected chi connectivity index (χ4v) is 1.69. The van der Waals surface area contributed by atoms with Crippen LogP contribution >= 0.6 is 0 Å². The maximum Gasteiger partial charge on any atom is 0.278 e. The van der Waals surface area contributed by atoms with Crippen molar-refractivity contribution in [3.63, 3.8) is 0 Å². The molecule has 1 rings (SSSR count). The molecular weight excluding hydrogens is 218 g/mol. The summed E-state index contributed by atoms with van der Waals surface area (Å²) in [7, 11) is 0. The second-order valence-corrected chi connectivity index (χ2v) is 4.76. The molecule has 0 aliphatic heterocycles. The monoisotopic (exact) mass is 237 g/mol. The number of phenolic OH excluding ortho intramolecular Hbond substituents is 1. The second-order valence-electron chi connectivity index (χ2n) is 4.76. The molecule has 0 radical (unpaired) electrons. The Hall–Kier alpha value is -1.55. The Morgan fingerprint density at radius 2 is 1.76 bits per heavy atom. The highest BCUT2D eigenvalue weighted by molar-refractivity contribution is 5.96. The average molecular weight is 237 g/mol. The molecule has 0 heterocycles. The third-order valence-electron chi connectivity index (χ3n) is 2.80. The van der Waals surface area contributed by atoms with Gasteiger partial charge in [-0.3, -0.25) is 10.0 Å². The molecule has 0 unspecified atom stereocenters. The van der Waals surface area contributed by atoms with E-state index in [0.717, 1.165) is 11.1 Å². The number of nitrogens with one attached hydrogen (secondary N) is 1. The lowest BCUT2D eigenvalue weighted by Gasteiger charge is -2.16. The Balaban J connectivity index is 3.43. The van der Waals surface area contributed by atoms with E-state index in [0.29, 0.717) is 0 Å². The van der Waals surface area contributed by atoms with Gasteiger partial charge in [-0.15, -0.1) is 0 Å². The van der Waals surface area contributed by atoms with E-state index in [-0.39, 0.29) is 23.1 Å². The number of carbonyl (C=O) groups is 1. The fraction of sp³-hybridized carbons (Fsp3) is 0.462. The van der Waals surface area contributed by atoms with Crippen LogP contribution in [0.25, 0.3) is 0 Å². The zero-order valence-corrected chi connectivity index (χ0v) is 10.6. The molecule has 4 nitrogen and oxygen atoms in total. The van der Waals surface area contributed by atoms with E-state index < -0.39 is 5.91 Å². The maximum absolute atomic E-state index is 11.5. The molecule has 0 atom stereocenters. The standard InChI is InChI=1S/C13H19NO3/c1-7(2)9-5-10(8(3)4)12(15)11(6-9)13(16)14-17/h5-8,15,17H,1-4H3,(H,14,16). The first kappa shape index (κ1) is 13.5. The van der Waals surface area contributed by atoms with Crippen LogP contribution < -0.4 is 5.48 Å². The fourth-order valence-electron chi connectivity index (χ4n) is 1.69.